The second-order valence-electron chi connectivity index (χ2n) is 2.52. The number of carbonyl (C=O) groups excluding carboxylic acids is 2. The number of imide groups is 1. The molecule has 0 heterocycles. The van der Waals surface area contributed by atoms with Gasteiger partial charge in [0.15, 0.2) is 0 Å². The second kappa shape index (κ2) is 4.70. The lowest BCUT2D eigenvalue weighted by molar-refractivity contribution is -0.384. The highest BCUT2D eigenvalue weighted by Crippen LogP contribution is 2.14. The summed E-state index contributed by atoms with van der Waals surface area (Å²) in [6.45, 7) is 0. The maximum absolute atomic E-state index is 10.8. The van der Waals surface area contributed by atoms with Crippen LogP contribution in [0.2, 0.25) is 0 Å². The average molecular weight is 209 g/mol. The number of nitro benzene ring substituents is 1. The predicted molar refractivity (Wildman–Crippen MR) is 51.3 cm³/mol. The molecule has 78 valence electrons. The summed E-state index contributed by atoms with van der Waals surface area (Å²) >= 11 is 0. The Morgan fingerprint density at radius 1 is 1.33 bits per heavy atom. The molecule has 0 aliphatic heterocycles. The SMILES string of the molecule is O=CNC(=O)Nc1ccc([N+](=O)[O-])cc1. The summed E-state index contributed by atoms with van der Waals surface area (Å²) in [7, 11) is 0. The number of carbonyl (C=O) groups is 2. The second-order valence-corrected chi connectivity index (χ2v) is 2.52. The van der Waals surface area contributed by atoms with Crippen molar-refractivity contribution < 1.29 is 14.5 Å². The highest BCUT2D eigenvalue weighted by atomic mass is 16.6. The van der Waals surface area contributed by atoms with E-state index < -0.39 is 11.0 Å². The summed E-state index contributed by atoms with van der Waals surface area (Å²) in [6.07, 6.45) is 0.237. The molecule has 3 amide bonds. The molecule has 0 fully saturated rings. The number of hydrogen-bond acceptors (Lipinski definition) is 4. The molecule has 0 bridgehead atoms. The minimum absolute atomic E-state index is 0.0728. The summed E-state index contributed by atoms with van der Waals surface area (Å²) < 4.78 is 0. The van der Waals surface area contributed by atoms with Gasteiger partial charge in [0.1, 0.15) is 0 Å². The molecule has 0 aliphatic carbocycles. The van der Waals surface area contributed by atoms with Gasteiger partial charge in [0.05, 0.1) is 4.92 Å². The largest absolute Gasteiger partial charge is 0.325 e. The molecule has 0 spiro atoms. The maximum Gasteiger partial charge on any atom is 0.325 e. The van der Waals surface area contributed by atoms with Gasteiger partial charge in [-0.3, -0.25) is 20.2 Å². The van der Waals surface area contributed by atoms with E-state index in [9.17, 15) is 19.7 Å². The Balaban J connectivity index is 2.68. The standard InChI is InChI=1S/C8H7N3O4/c12-5-9-8(13)10-6-1-3-7(4-2-6)11(14)15/h1-5H,(H2,9,10,12,13). The molecule has 1 rings (SSSR count). The number of nitrogens with one attached hydrogen (secondary N) is 2. The fourth-order valence-electron chi connectivity index (χ4n) is 0.887. The highest BCUT2D eigenvalue weighted by Gasteiger charge is 2.05. The van der Waals surface area contributed by atoms with Crippen molar-refractivity contribution in [3.8, 4) is 0 Å². The fourth-order valence-corrected chi connectivity index (χ4v) is 0.887. The van der Waals surface area contributed by atoms with Gasteiger partial charge >= 0.3 is 6.03 Å². The normalized spacial score (nSPS) is 9.07. The van der Waals surface area contributed by atoms with Crippen LogP contribution in [0.25, 0.3) is 0 Å². The third kappa shape index (κ3) is 3.07. The van der Waals surface area contributed by atoms with Crippen molar-refractivity contribution in [2.45, 2.75) is 0 Å². The minimum Gasteiger partial charge on any atom is -0.308 e. The third-order valence-electron chi connectivity index (χ3n) is 1.53. The Labute approximate surface area is 84.2 Å². The van der Waals surface area contributed by atoms with Crippen LogP contribution in [-0.4, -0.2) is 17.4 Å². The van der Waals surface area contributed by atoms with Crippen LogP contribution in [0.4, 0.5) is 16.2 Å². The average Bonchev–Trinajstić information content (AvgIpc) is 2.18. The van der Waals surface area contributed by atoms with Gasteiger partial charge in [0, 0.05) is 17.8 Å². The molecule has 1 aromatic carbocycles. The highest BCUT2D eigenvalue weighted by molar-refractivity contribution is 5.95. The Hall–Kier alpha value is -2.44. The van der Waals surface area contributed by atoms with Gasteiger partial charge in [0.25, 0.3) is 5.69 Å². The fraction of sp³-hybridized carbons (Fsp3) is 0. The molecule has 15 heavy (non-hydrogen) atoms. The van der Waals surface area contributed by atoms with E-state index in [1.54, 1.807) is 0 Å². The first-order chi connectivity index (χ1) is 7.13. The van der Waals surface area contributed by atoms with Crippen molar-refractivity contribution in [2.75, 3.05) is 5.32 Å². The van der Waals surface area contributed by atoms with E-state index in [2.05, 4.69) is 5.32 Å². The quantitative estimate of drug-likeness (QED) is 0.438. The maximum atomic E-state index is 10.8. The van der Waals surface area contributed by atoms with Crippen molar-refractivity contribution in [2.24, 2.45) is 0 Å². The van der Waals surface area contributed by atoms with Gasteiger partial charge in [-0.05, 0) is 12.1 Å². The molecule has 1 aromatic rings. The van der Waals surface area contributed by atoms with Gasteiger partial charge in [0.2, 0.25) is 6.41 Å². The first-order valence-corrected chi connectivity index (χ1v) is 3.89. The number of nitrogens with zero attached hydrogens (tertiary/aromatic N) is 1. The van der Waals surface area contributed by atoms with E-state index in [1.807, 2.05) is 5.32 Å². The Kier molecular flexibility index (Phi) is 3.33. The summed E-state index contributed by atoms with van der Waals surface area (Å²) in [5, 5.41) is 14.5. The molecule has 7 nitrogen and oxygen atoms in total. The Bertz CT molecular complexity index is 387. The van der Waals surface area contributed by atoms with Gasteiger partial charge in [-0.25, -0.2) is 4.79 Å². The topological polar surface area (TPSA) is 101 Å². The van der Waals surface area contributed by atoms with Gasteiger partial charge in [-0.2, -0.15) is 0 Å². The van der Waals surface area contributed by atoms with Gasteiger partial charge in [-0.15, -0.1) is 0 Å². The van der Waals surface area contributed by atoms with Crippen LogP contribution in [0.5, 0.6) is 0 Å². The van der Waals surface area contributed by atoms with E-state index in [0.29, 0.717) is 5.69 Å². The van der Waals surface area contributed by atoms with Gasteiger partial charge in [-0.1, -0.05) is 0 Å². The van der Waals surface area contributed by atoms with E-state index >= 15 is 0 Å². The number of rotatable bonds is 3. The zero-order valence-electron chi connectivity index (χ0n) is 7.47. The number of non-ortho nitro benzene ring substituents is 1. The summed E-state index contributed by atoms with van der Waals surface area (Å²) in [5.74, 6) is 0. The summed E-state index contributed by atoms with van der Waals surface area (Å²) in [6, 6.07) is 4.52. The van der Waals surface area contributed by atoms with Crippen molar-refractivity contribution in [3.05, 3.63) is 34.4 Å². The zero-order chi connectivity index (χ0) is 11.3. The molecule has 0 atom stereocenters. The zero-order valence-corrected chi connectivity index (χ0v) is 7.47. The van der Waals surface area contributed by atoms with Crippen LogP contribution >= 0.6 is 0 Å². The summed E-state index contributed by atoms with van der Waals surface area (Å²) in [5.41, 5.74) is 0.288. The lowest BCUT2D eigenvalue weighted by atomic mass is 10.3. The third-order valence-corrected chi connectivity index (χ3v) is 1.53. The molecular weight excluding hydrogens is 202 g/mol. The predicted octanol–water partition coefficient (Wildman–Crippen LogP) is 0.873. The number of anilines is 1. The monoisotopic (exact) mass is 209 g/mol. The molecule has 0 unspecified atom stereocenters. The minimum atomic E-state index is -0.696. The van der Waals surface area contributed by atoms with E-state index in [-0.39, 0.29) is 12.1 Å². The molecule has 0 aliphatic rings. The van der Waals surface area contributed by atoms with E-state index in [0.717, 1.165) is 0 Å². The summed E-state index contributed by atoms with van der Waals surface area (Å²) in [4.78, 5) is 30.5. The van der Waals surface area contributed by atoms with Crippen molar-refractivity contribution in [1.29, 1.82) is 0 Å². The number of nitro groups is 1. The molecular formula is C8H7N3O4. The first kappa shape index (κ1) is 10.6. The molecule has 0 saturated heterocycles. The number of amides is 3. The molecule has 7 heteroatoms. The number of urea groups is 1. The van der Waals surface area contributed by atoms with Crippen LogP contribution in [0.1, 0.15) is 0 Å². The van der Waals surface area contributed by atoms with Crippen molar-refractivity contribution >= 4 is 23.8 Å². The van der Waals surface area contributed by atoms with Crippen LogP contribution in [0, 0.1) is 10.1 Å². The number of hydrogen-bond donors (Lipinski definition) is 2. The van der Waals surface area contributed by atoms with Crippen LogP contribution < -0.4 is 10.6 Å². The smallest absolute Gasteiger partial charge is 0.308 e. The van der Waals surface area contributed by atoms with E-state index in [4.69, 9.17) is 0 Å². The first-order valence-electron chi connectivity index (χ1n) is 3.89. The van der Waals surface area contributed by atoms with Gasteiger partial charge < -0.3 is 5.32 Å². The van der Waals surface area contributed by atoms with Crippen LogP contribution in [0.3, 0.4) is 0 Å². The lowest BCUT2D eigenvalue weighted by Gasteiger charge is -2.02. The number of benzene rings is 1. The molecule has 0 saturated carbocycles. The van der Waals surface area contributed by atoms with Crippen LogP contribution in [-0.2, 0) is 4.79 Å². The van der Waals surface area contributed by atoms with E-state index in [1.165, 1.54) is 24.3 Å². The van der Waals surface area contributed by atoms with Crippen molar-refractivity contribution in [1.82, 2.24) is 5.32 Å². The molecule has 2 N–H and O–H groups in total. The Morgan fingerprint density at radius 3 is 2.40 bits per heavy atom. The lowest BCUT2D eigenvalue weighted by Crippen LogP contribution is -2.26. The Morgan fingerprint density at radius 2 is 1.93 bits per heavy atom. The van der Waals surface area contributed by atoms with Crippen LogP contribution in [0.15, 0.2) is 24.3 Å². The van der Waals surface area contributed by atoms with Crippen molar-refractivity contribution in [3.63, 3.8) is 0 Å². The molecule has 0 aromatic heterocycles. The molecule has 0 radical (unpaired) electrons.